The van der Waals surface area contributed by atoms with Crippen LogP contribution >= 0.6 is 0 Å². The van der Waals surface area contributed by atoms with E-state index >= 15 is 0 Å². The topological polar surface area (TPSA) is 59.3 Å². The van der Waals surface area contributed by atoms with Gasteiger partial charge in [-0.25, -0.2) is 0 Å². The zero-order valence-electron chi connectivity index (χ0n) is 14.1. The van der Waals surface area contributed by atoms with Crippen LogP contribution in [0.1, 0.15) is 0 Å². The summed E-state index contributed by atoms with van der Waals surface area (Å²) in [7, 11) is 0. The molecule has 132 valence electrons. The molecule has 7 heterocycles. The number of H-pyrrole nitrogens is 1. The van der Waals surface area contributed by atoms with E-state index in [1.807, 2.05) is 0 Å². The van der Waals surface area contributed by atoms with Crippen LogP contribution in [0, 0.1) is 0 Å². The Kier molecular flexibility index (Phi) is 2.02. The van der Waals surface area contributed by atoms with Gasteiger partial charge in [-0.15, -0.1) is 0 Å². The van der Waals surface area contributed by atoms with Crippen molar-refractivity contribution in [1.29, 1.82) is 0 Å². The molecule has 9 nitrogen and oxygen atoms in total. The van der Waals surface area contributed by atoms with Gasteiger partial charge in [-0.2, -0.15) is 0 Å². The van der Waals surface area contributed by atoms with Gasteiger partial charge in [0.15, 0.2) is 11.6 Å². The maximum atomic E-state index is 3.56. The van der Waals surface area contributed by atoms with Crippen LogP contribution < -0.4 is 21.3 Å². The molecule has 1 aromatic heterocycles. The Labute approximate surface area is 150 Å². The van der Waals surface area contributed by atoms with Gasteiger partial charge in [0.05, 0.1) is 37.4 Å². The lowest BCUT2D eigenvalue weighted by molar-refractivity contribution is -0.153. The van der Waals surface area contributed by atoms with Crippen molar-refractivity contribution in [3.8, 4) is 0 Å². The van der Waals surface area contributed by atoms with Crippen LogP contribution in [0.15, 0.2) is 48.6 Å². The van der Waals surface area contributed by atoms with E-state index in [2.05, 4.69) is 94.3 Å². The average molecular weight is 349 g/mol. The number of aromatic nitrogens is 1. The fourth-order valence-electron chi connectivity index (χ4n) is 4.47. The second kappa shape index (κ2) is 4.06. The predicted octanol–water partition coefficient (Wildman–Crippen LogP) is -1.93. The minimum Gasteiger partial charge on any atom is -0.353 e. The quantitative estimate of drug-likeness (QED) is 0.501. The van der Waals surface area contributed by atoms with E-state index in [-0.39, 0.29) is 5.91 Å². The van der Waals surface area contributed by atoms with Crippen molar-refractivity contribution in [1.82, 2.24) is 45.0 Å². The van der Waals surface area contributed by atoms with Gasteiger partial charge in [0.2, 0.25) is 0 Å². The lowest BCUT2D eigenvalue weighted by Crippen LogP contribution is -2.83. The van der Waals surface area contributed by atoms with Gasteiger partial charge in [-0.1, -0.05) is 0 Å². The van der Waals surface area contributed by atoms with Crippen LogP contribution in [-0.2, 0) is 0 Å². The van der Waals surface area contributed by atoms with Crippen molar-refractivity contribution in [2.24, 2.45) is 0 Å². The van der Waals surface area contributed by atoms with Crippen molar-refractivity contribution in [3.05, 3.63) is 59.3 Å². The Balaban J connectivity index is 1.27. The highest BCUT2D eigenvalue weighted by molar-refractivity contribution is 5.42. The van der Waals surface area contributed by atoms with Gasteiger partial charge in [0.25, 0.3) is 5.91 Å². The highest BCUT2D eigenvalue weighted by atomic mass is 15.9. The molecular weight excluding hydrogens is 330 g/mol. The van der Waals surface area contributed by atoms with E-state index in [0.29, 0.717) is 0 Å². The van der Waals surface area contributed by atoms with Crippen LogP contribution in [0.25, 0.3) is 12.4 Å². The summed E-state index contributed by atoms with van der Waals surface area (Å²) in [6, 6.07) is 4.25. The van der Waals surface area contributed by atoms with Gasteiger partial charge in [-0.05, 0) is 12.1 Å². The number of rotatable bonds is 0. The molecule has 1 spiro atoms. The maximum Gasteiger partial charge on any atom is 0.280 e. The third-order valence-electron chi connectivity index (χ3n) is 5.75. The molecule has 2 fully saturated rings. The molecule has 0 aliphatic carbocycles. The molecule has 0 amide bonds. The number of hydrogen-bond acceptors (Lipinski definition) is 8. The van der Waals surface area contributed by atoms with Crippen LogP contribution in [0.3, 0.4) is 0 Å². The highest BCUT2D eigenvalue weighted by Gasteiger charge is 2.71. The van der Waals surface area contributed by atoms with Crippen LogP contribution in [0.2, 0.25) is 0 Å². The fraction of sp³-hybridized carbons (Fsp3) is 0.294. The van der Waals surface area contributed by atoms with E-state index < -0.39 is 0 Å². The zero-order chi connectivity index (χ0) is 16.9. The molecular formula is C17H19N9. The van der Waals surface area contributed by atoms with Crippen LogP contribution in [-0.4, -0.2) is 67.0 Å². The first-order chi connectivity index (χ1) is 12.8. The minimum absolute atomic E-state index is 0.233. The first kappa shape index (κ1) is 12.9. The van der Waals surface area contributed by atoms with Crippen molar-refractivity contribution >= 4 is 12.4 Å². The average Bonchev–Trinajstić information content (AvgIpc) is 3.41. The standard InChI is InChI=1S/C17H19N9/c1-2-14-8-22-4-6-24(10-22)12-26-16-15-19-17(26,20-16)25(15)11-23-5-3-21(9-23)7-13(1)18-14/h1-8,18-20H,9-12H2. The number of aromatic amines is 1. The normalized spacial score (nSPS) is 29.4. The monoisotopic (exact) mass is 349 g/mol. The Morgan fingerprint density at radius 2 is 1.23 bits per heavy atom. The third kappa shape index (κ3) is 1.47. The lowest BCUT2D eigenvalue weighted by atomic mass is 10.3. The fourth-order valence-corrected chi connectivity index (χ4v) is 4.47. The highest BCUT2D eigenvalue weighted by Crippen LogP contribution is 2.50. The van der Waals surface area contributed by atoms with E-state index in [0.717, 1.165) is 37.4 Å². The number of nitrogens with zero attached hydrogens (tertiary/aromatic N) is 6. The first-order valence-corrected chi connectivity index (χ1v) is 8.88. The second-order valence-electron chi connectivity index (χ2n) is 7.47. The number of nitrogens with one attached hydrogen (secondary N) is 3. The van der Waals surface area contributed by atoms with Gasteiger partial charge in [0, 0.05) is 37.2 Å². The molecule has 2 saturated heterocycles. The van der Waals surface area contributed by atoms with Gasteiger partial charge in [0.1, 0.15) is 0 Å². The number of fused-ring (bicyclic) bond motifs is 6. The van der Waals surface area contributed by atoms with Gasteiger partial charge in [-0.3, -0.25) is 9.80 Å². The van der Waals surface area contributed by atoms with Crippen molar-refractivity contribution in [2.45, 2.75) is 5.91 Å². The molecule has 1 aromatic rings. The molecule has 9 heteroatoms. The summed E-state index contributed by atoms with van der Waals surface area (Å²) in [5.74, 6) is 2.19. The minimum atomic E-state index is -0.233. The van der Waals surface area contributed by atoms with E-state index in [1.54, 1.807) is 0 Å². The summed E-state index contributed by atoms with van der Waals surface area (Å²) in [6.45, 7) is 3.43. The van der Waals surface area contributed by atoms with Crippen molar-refractivity contribution in [2.75, 3.05) is 26.7 Å². The van der Waals surface area contributed by atoms with Crippen molar-refractivity contribution < 1.29 is 0 Å². The zero-order valence-corrected chi connectivity index (χ0v) is 14.1. The summed E-state index contributed by atoms with van der Waals surface area (Å²) in [4.78, 5) is 17.3. The maximum absolute atomic E-state index is 3.56. The summed E-state index contributed by atoms with van der Waals surface area (Å²) >= 11 is 0. The predicted molar refractivity (Wildman–Crippen MR) is 93.8 cm³/mol. The number of hydrogen-bond donors (Lipinski definition) is 3. The van der Waals surface area contributed by atoms with Gasteiger partial charge < -0.3 is 35.2 Å². The van der Waals surface area contributed by atoms with Crippen LogP contribution in [0.4, 0.5) is 0 Å². The van der Waals surface area contributed by atoms with E-state index in [9.17, 15) is 0 Å². The van der Waals surface area contributed by atoms with E-state index in [4.69, 9.17) is 0 Å². The molecule has 0 aromatic carbocycles. The first-order valence-electron chi connectivity index (χ1n) is 8.88. The molecule has 11 bridgehead atoms. The molecule has 6 aliphatic rings. The van der Waals surface area contributed by atoms with Crippen molar-refractivity contribution in [3.63, 3.8) is 0 Å². The SMILES string of the molecule is C1=CN2CN1C=c1ccc([nH]1)=CN1C=CN(C1)CN1C3=C4NC1(N3)N4C2. The molecule has 0 unspecified atom stereocenters. The summed E-state index contributed by atoms with van der Waals surface area (Å²) < 4.78 is 0. The molecule has 7 rings (SSSR count). The Morgan fingerprint density at radius 3 is 1.77 bits per heavy atom. The molecule has 0 saturated carbocycles. The Morgan fingerprint density at radius 1 is 0.692 bits per heavy atom. The molecule has 6 aliphatic heterocycles. The summed E-state index contributed by atoms with van der Waals surface area (Å²) in [5.41, 5.74) is 0. The third-order valence-corrected chi connectivity index (χ3v) is 5.75. The molecule has 3 N–H and O–H groups in total. The molecule has 0 radical (unpaired) electrons. The Hall–Kier alpha value is -3.36. The summed E-state index contributed by atoms with van der Waals surface area (Å²) in [5, 5.41) is 9.34. The lowest BCUT2D eigenvalue weighted by Gasteiger charge is -2.57. The molecule has 0 atom stereocenters. The van der Waals surface area contributed by atoms with Crippen LogP contribution in [0.5, 0.6) is 0 Å². The second-order valence-corrected chi connectivity index (χ2v) is 7.47. The summed E-state index contributed by atoms with van der Waals surface area (Å²) in [6.07, 6.45) is 12.9. The largest absolute Gasteiger partial charge is 0.353 e. The molecule has 26 heavy (non-hydrogen) atoms. The van der Waals surface area contributed by atoms with Gasteiger partial charge >= 0.3 is 0 Å². The van der Waals surface area contributed by atoms with E-state index in [1.165, 1.54) is 11.6 Å². The smallest absolute Gasteiger partial charge is 0.280 e. The Bertz CT molecular complexity index is 939.